The molecule has 0 spiro atoms. The van der Waals surface area contributed by atoms with Gasteiger partial charge in [0.05, 0.1) is 6.10 Å². The lowest BCUT2D eigenvalue weighted by Crippen LogP contribution is -2.34. The van der Waals surface area contributed by atoms with Crippen molar-refractivity contribution < 1.29 is 9.53 Å². The third-order valence-electron chi connectivity index (χ3n) is 3.78. The predicted octanol–water partition coefficient (Wildman–Crippen LogP) is 1.78. The first-order valence-corrected chi connectivity index (χ1v) is 7.12. The number of hydrogen-bond donors (Lipinski definition) is 1. The number of hydrogen-bond acceptors (Lipinski definition) is 3. The highest BCUT2D eigenvalue weighted by molar-refractivity contribution is 5.75. The Bertz CT molecular complexity index is 250. The molecule has 2 N–H and O–H groups in total. The predicted molar refractivity (Wildman–Crippen MR) is 73.3 cm³/mol. The van der Waals surface area contributed by atoms with E-state index in [1.165, 1.54) is 0 Å². The molecule has 1 rings (SSSR count). The smallest absolute Gasteiger partial charge is 0.222 e. The molecule has 1 amide bonds. The van der Waals surface area contributed by atoms with Gasteiger partial charge in [0, 0.05) is 32.7 Å². The summed E-state index contributed by atoms with van der Waals surface area (Å²) in [5, 5.41) is 0. The van der Waals surface area contributed by atoms with Crippen molar-refractivity contribution in [2.24, 2.45) is 11.7 Å². The molecule has 0 aromatic rings. The third-order valence-corrected chi connectivity index (χ3v) is 3.78. The molecule has 1 fully saturated rings. The molecule has 0 saturated carbocycles. The molecule has 18 heavy (non-hydrogen) atoms. The van der Waals surface area contributed by atoms with Crippen LogP contribution in [0.5, 0.6) is 0 Å². The highest BCUT2D eigenvalue weighted by Crippen LogP contribution is 2.17. The van der Waals surface area contributed by atoms with Crippen LogP contribution in [0.4, 0.5) is 0 Å². The van der Waals surface area contributed by atoms with E-state index >= 15 is 0 Å². The Balaban J connectivity index is 2.15. The first-order valence-electron chi connectivity index (χ1n) is 7.12. The number of nitrogens with zero attached hydrogens (tertiary/aromatic N) is 1. The summed E-state index contributed by atoms with van der Waals surface area (Å²) in [5.41, 5.74) is 5.98. The number of rotatable bonds is 7. The number of carbonyl (C=O) groups excluding carboxylic acids is 1. The Morgan fingerprint density at radius 3 is 2.78 bits per heavy atom. The van der Waals surface area contributed by atoms with Crippen LogP contribution in [0.2, 0.25) is 0 Å². The summed E-state index contributed by atoms with van der Waals surface area (Å²) in [6.07, 6.45) is 4.88. The lowest BCUT2D eigenvalue weighted by molar-refractivity contribution is -0.130. The largest absolute Gasteiger partial charge is 0.378 e. The zero-order valence-corrected chi connectivity index (χ0v) is 12.0. The van der Waals surface area contributed by atoms with E-state index < -0.39 is 0 Å². The fraction of sp³-hybridized carbons (Fsp3) is 0.929. The Morgan fingerprint density at radius 2 is 2.22 bits per heavy atom. The monoisotopic (exact) mass is 256 g/mol. The maximum Gasteiger partial charge on any atom is 0.222 e. The summed E-state index contributed by atoms with van der Waals surface area (Å²) in [6.45, 7) is 5.84. The summed E-state index contributed by atoms with van der Waals surface area (Å²) in [7, 11) is 1.87. The van der Waals surface area contributed by atoms with Gasteiger partial charge in [-0.1, -0.05) is 13.8 Å². The molecule has 1 aliphatic rings. The molecule has 0 bridgehead atoms. The maximum absolute atomic E-state index is 11.9. The molecule has 106 valence electrons. The zero-order chi connectivity index (χ0) is 13.5. The van der Waals surface area contributed by atoms with E-state index in [0.29, 0.717) is 18.4 Å². The number of carbonyl (C=O) groups is 1. The molecule has 0 aromatic carbocycles. The molecule has 1 aliphatic heterocycles. The van der Waals surface area contributed by atoms with Crippen LogP contribution in [0.3, 0.4) is 0 Å². The molecule has 2 unspecified atom stereocenters. The minimum Gasteiger partial charge on any atom is -0.378 e. The van der Waals surface area contributed by atoms with Crippen LogP contribution in [0.25, 0.3) is 0 Å². The van der Waals surface area contributed by atoms with Gasteiger partial charge in [-0.05, 0) is 31.6 Å². The quantitative estimate of drug-likeness (QED) is 0.755. The molecule has 0 aliphatic carbocycles. The van der Waals surface area contributed by atoms with Gasteiger partial charge >= 0.3 is 0 Å². The maximum atomic E-state index is 11.9. The van der Waals surface area contributed by atoms with Gasteiger partial charge in [0.2, 0.25) is 5.91 Å². The summed E-state index contributed by atoms with van der Waals surface area (Å²) in [6, 6.07) is 0.179. The van der Waals surface area contributed by atoms with Crippen molar-refractivity contribution in [3.05, 3.63) is 0 Å². The van der Waals surface area contributed by atoms with Gasteiger partial charge in [0.25, 0.3) is 0 Å². The Morgan fingerprint density at radius 1 is 1.50 bits per heavy atom. The van der Waals surface area contributed by atoms with E-state index in [0.717, 1.165) is 38.8 Å². The van der Waals surface area contributed by atoms with Crippen molar-refractivity contribution in [2.75, 3.05) is 20.2 Å². The van der Waals surface area contributed by atoms with Crippen LogP contribution in [0, 0.1) is 5.92 Å². The van der Waals surface area contributed by atoms with Crippen LogP contribution in [-0.4, -0.2) is 43.2 Å². The molecule has 2 atom stereocenters. The molecule has 1 heterocycles. The number of amides is 1. The van der Waals surface area contributed by atoms with Gasteiger partial charge < -0.3 is 15.4 Å². The van der Waals surface area contributed by atoms with Gasteiger partial charge in [-0.25, -0.2) is 0 Å². The first kappa shape index (κ1) is 15.4. The van der Waals surface area contributed by atoms with Crippen LogP contribution in [0.15, 0.2) is 0 Å². The highest BCUT2D eigenvalue weighted by atomic mass is 16.5. The Labute approximate surface area is 111 Å². The van der Waals surface area contributed by atoms with Gasteiger partial charge in [0.1, 0.15) is 0 Å². The van der Waals surface area contributed by atoms with Gasteiger partial charge in [-0.15, -0.1) is 0 Å². The summed E-state index contributed by atoms with van der Waals surface area (Å²) in [4.78, 5) is 13.7. The van der Waals surface area contributed by atoms with Crippen molar-refractivity contribution in [1.29, 1.82) is 0 Å². The third kappa shape index (κ3) is 5.36. The van der Waals surface area contributed by atoms with Gasteiger partial charge in [-0.3, -0.25) is 4.79 Å². The van der Waals surface area contributed by atoms with Crippen molar-refractivity contribution in [3.63, 3.8) is 0 Å². The second kappa shape index (κ2) is 7.74. The van der Waals surface area contributed by atoms with Gasteiger partial charge in [-0.2, -0.15) is 0 Å². The Hall–Kier alpha value is -0.610. The highest BCUT2D eigenvalue weighted by Gasteiger charge is 2.18. The lowest BCUT2D eigenvalue weighted by Gasteiger charge is -2.22. The summed E-state index contributed by atoms with van der Waals surface area (Å²) in [5.74, 6) is 0.682. The zero-order valence-electron chi connectivity index (χ0n) is 12.0. The first-order chi connectivity index (χ1) is 8.50. The average molecular weight is 256 g/mol. The molecule has 0 aromatic heterocycles. The second-order valence-corrected chi connectivity index (χ2v) is 5.69. The molecule has 0 radical (unpaired) electrons. The van der Waals surface area contributed by atoms with E-state index in [2.05, 4.69) is 13.8 Å². The molecular formula is C14H28N2O2. The van der Waals surface area contributed by atoms with Crippen LogP contribution in [-0.2, 0) is 9.53 Å². The molecular weight excluding hydrogens is 228 g/mol. The average Bonchev–Trinajstić information content (AvgIpc) is 2.85. The van der Waals surface area contributed by atoms with E-state index in [-0.39, 0.29) is 11.9 Å². The minimum absolute atomic E-state index is 0.179. The van der Waals surface area contributed by atoms with Crippen LogP contribution >= 0.6 is 0 Å². The fourth-order valence-corrected chi connectivity index (χ4v) is 2.15. The fourth-order valence-electron chi connectivity index (χ4n) is 2.15. The number of ether oxygens (including phenoxy) is 1. The molecule has 1 saturated heterocycles. The molecule has 4 nitrogen and oxygen atoms in total. The lowest BCUT2D eigenvalue weighted by atomic mass is 10.0. The van der Waals surface area contributed by atoms with Crippen molar-refractivity contribution in [2.45, 2.75) is 58.1 Å². The van der Waals surface area contributed by atoms with Crippen molar-refractivity contribution in [3.8, 4) is 0 Å². The van der Waals surface area contributed by atoms with Crippen molar-refractivity contribution >= 4 is 5.91 Å². The SMILES string of the molecule is CC(C)C(N)CCN(C)C(=O)CCC1CCCO1. The minimum atomic E-state index is 0.179. The molecule has 4 heteroatoms. The topological polar surface area (TPSA) is 55.6 Å². The second-order valence-electron chi connectivity index (χ2n) is 5.69. The Kier molecular flexibility index (Phi) is 6.65. The van der Waals surface area contributed by atoms with E-state index in [9.17, 15) is 4.79 Å². The number of nitrogens with two attached hydrogens (primary N) is 1. The summed E-state index contributed by atoms with van der Waals surface area (Å²) < 4.78 is 5.52. The summed E-state index contributed by atoms with van der Waals surface area (Å²) >= 11 is 0. The van der Waals surface area contributed by atoms with Gasteiger partial charge in [0.15, 0.2) is 0 Å². The standard InChI is InChI=1S/C14H28N2O2/c1-11(2)13(15)8-9-16(3)14(17)7-6-12-5-4-10-18-12/h11-13H,4-10,15H2,1-3H3. The van der Waals surface area contributed by atoms with Crippen LogP contribution < -0.4 is 5.73 Å². The van der Waals surface area contributed by atoms with E-state index in [1.54, 1.807) is 4.90 Å². The van der Waals surface area contributed by atoms with Crippen LogP contribution in [0.1, 0.15) is 46.0 Å². The van der Waals surface area contributed by atoms with E-state index in [4.69, 9.17) is 10.5 Å². The normalized spacial score (nSPS) is 21.3. The van der Waals surface area contributed by atoms with Crippen molar-refractivity contribution in [1.82, 2.24) is 4.90 Å². The van der Waals surface area contributed by atoms with E-state index in [1.807, 2.05) is 7.05 Å².